The number of hydrogen-bond donors (Lipinski definition) is 0. The van der Waals surface area contributed by atoms with Gasteiger partial charge in [-0.15, -0.1) is 0 Å². The molecule has 6 rings (SSSR count). The Balaban J connectivity index is 1.28. The Morgan fingerprint density at radius 1 is 0.897 bits per heavy atom. The molecule has 0 unspecified atom stereocenters. The van der Waals surface area contributed by atoms with Crippen molar-refractivity contribution in [3.63, 3.8) is 0 Å². The largest absolute Gasteiger partial charge is 0.423 e. The van der Waals surface area contributed by atoms with Crippen molar-refractivity contribution in [3.8, 4) is 11.1 Å². The van der Waals surface area contributed by atoms with Gasteiger partial charge >= 0.3 is 0 Å². The van der Waals surface area contributed by atoms with E-state index in [1.807, 2.05) is 0 Å². The van der Waals surface area contributed by atoms with Gasteiger partial charge < -0.3 is 13.9 Å². The molecule has 3 heterocycles. The molecule has 29 heavy (non-hydrogen) atoms. The van der Waals surface area contributed by atoms with Gasteiger partial charge in [0, 0.05) is 37.2 Å². The first-order chi connectivity index (χ1) is 14.2. The summed E-state index contributed by atoms with van der Waals surface area (Å²) >= 11 is 0. The minimum atomic E-state index is 0.617. The number of fused-ring (bicyclic) bond motifs is 2. The summed E-state index contributed by atoms with van der Waals surface area (Å²) < 4.78 is 8.29. The molecule has 1 aliphatic carbocycles. The van der Waals surface area contributed by atoms with Crippen molar-refractivity contribution >= 4 is 28.0 Å². The highest BCUT2D eigenvalue weighted by Gasteiger charge is 2.37. The van der Waals surface area contributed by atoms with Crippen molar-refractivity contribution in [1.82, 2.24) is 9.55 Å². The Bertz CT molecular complexity index is 1190. The van der Waals surface area contributed by atoms with Crippen LogP contribution < -0.4 is 4.90 Å². The summed E-state index contributed by atoms with van der Waals surface area (Å²) in [7, 11) is 2.08. The fraction of sp³-hybridized carbons (Fsp3) is 0.400. The molecule has 0 atom stereocenters. The van der Waals surface area contributed by atoms with Crippen molar-refractivity contribution in [2.45, 2.75) is 38.5 Å². The highest BCUT2D eigenvalue weighted by molar-refractivity contribution is 5.88. The van der Waals surface area contributed by atoms with Crippen molar-refractivity contribution in [2.75, 3.05) is 18.0 Å². The maximum Gasteiger partial charge on any atom is 0.298 e. The Morgan fingerprint density at radius 2 is 1.66 bits per heavy atom. The number of hydrogen-bond acceptors (Lipinski definition) is 3. The summed E-state index contributed by atoms with van der Waals surface area (Å²) in [6.07, 6.45) is 10.4. The minimum absolute atomic E-state index is 0.617. The first-order valence-corrected chi connectivity index (χ1v) is 10.9. The molecule has 4 aromatic rings. The minimum Gasteiger partial charge on any atom is -0.423 e. The Morgan fingerprint density at radius 3 is 2.48 bits per heavy atom. The lowest BCUT2D eigenvalue weighted by molar-refractivity contribution is 0.223. The maximum absolute atomic E-state index is 6.13. The fourth-order valence-electron chi connectivity index (χ4n) is 5.49. The smallest absolute Gasteiger partial charge is 0.298 e. The van der Waals surface area contributed by atoms with Crippen LogP contribution in [0.1, 0.15) is 38.5 Å². The van der Waals surface area contributed by atoms with Crippen LogP contribution in [0.2, 0.25) is 0 Å². The number of piperidine rings is 1. The Labute approximate surface area is 171 Å². The number of oxazole rings is 1. The number of aryl methyl sites for hydroxylation is 1. The van der Waals surface area contributed by atoms with Crippen LogP contribution in [0.3, 0.4) is 0 Å². The predicted octanol–water partition coefficient (Wildman–Crippen LogP) is 6.15. The average molecular weight is 386 g/mol. The molecule has 2 aromatic heterocycles. The number of aromatic nitrogens is 2. The summed E-state index contributed by atoms with van der Waals surface area (Å²) in [4.78, 5) is 7.21. The van der Waals surface area contributed by atoms with E-state index in [4.69, 9.17) is 9.40 Å². The molecule has 2 fully saturated rings. The highest BCUT2D eigenvalue weighted by Crippen LogP contribution is 2.46. The maximum atomic E-state index is 6.13. The van der Waals surface area contributed by atoms with E-state index >= 15 is 0 Å². The topological polar surface area (TPSA) is 34.2 Å². The van der Waals surface area contributed by atoms with E-state index in [2.05, 4.69) is 65.2 Å². The molecule has 1 saturated heterocycles. The van der Waals surface area contributed by atoms with Crippen molar-refractivity contribution < 1.29 is 4.42 Å². The summed E-state index contributed by atoms with van der Waals surface area (Å²) in [5.41, 5.74) is 6.11. The fourth-order valence-corrected chi connectivity index (χ4v) is 5.49. The van der Waals surface area contributed by atoms with E-state index in [0.717, 1.165) is 30.2 Å². The van der Waals surface area contributed by atoms with E-state index in [1.165, 1.54) is 60.6 Å². The molecule has 4 heteroatoms. The molecule has 2 aliphatic rings. The third-order valence-corrected chi connectivity index (χ3v) is 7.35. The van der Waals surface area contributed by atoms with E-state index in [0.29, 0.717) is 5.41 Å². The van der Waals surface area contributed by atoms with Gasteiger partial charge in [0.15, 0.2) is 5.58 Å². The van der Waals surface area contributed by atoms with Gasteiger partial charge in [0.2, 0.25) is 0 Å². The van der Waals surface area contributed by atoms with Crippen LogP contribution in [0, 0.1) is 5.41 Å². The SMILES string of the molecule is Cn1ccc2cc(-c3ccc4oc(N5CCC6(CCCC6)CC5)nc4c3)ccc21. The Kier molecular flexibility index (Phi) is 3.77. The van der Waals surface area contributed by atoms with Crippen LogP contribution in [0.15, 0.2) is 53.1 Å². The van der Waals surface area contributed by atoms with Gasteiger partial charge in [-0.1, -0.05) is 25.0 Å². The van der Waals surface area contributed by atoms with E-state index < -0.39 is 0 Å². The van der Waals surface area contributed by atoms with Crippen LogP contribution in [0.4, 0.5) is 6.01 Å². The lowest BCUT2D eigenvalue weighted by Gasteiger charge is -2.38. The number of benzene rings is 2. The van der Waals surface area contributed by atoms with E-state index in [-0.39, 0.29) is 0 Å². The van der Waals surface area contributed by atoms with Crippen molar-refractivity contribution in [2.24, 2.45) is 12.5 Å². The second-order valence-electron chi connectivity index (χ2n) is 9.07. The molecular weight excluding hydrogens is 358 g/mol. The summed E-state index contributed by atoms with van der Waals surface area (Å²) in [6.45, 7) is 2.15. The van der Waals surface area contributed by atoms with Gasteiger partial charge in [0.05, 0.1) is 0 Å². The molecule has 148 valence electrons. The zero-order valence-electron chi connectivity index (χ0n) is 17.0. The normalized spacial score (nSPS) is 19.0. The number of rotatable bonds is 2. The zero-order chi connectivity index (χ0) is 19.4. The van der Waals surface area contributed by atoms with Crippen LogP contribution in [0.5, 0.6) is 0 Å². The van der Waals surface area contributed by atoms with Gasteiger partial charge in [-0.05, 0) is 72.6 Å². The molecular formula is C25H27N3O. The first-order valence-electron chi connectivity index (χ1n) is 10.9. The molecule has 0 bridgehead atoms. The molecule has 0 N–H and O–H groups in total. The van der Waals surface area contributed by atoms with Crippen molar-refractivity contribution in [3.05, 3.63) is 48.7 Å². The van der Waals surface area contributed by atoms with E-state index in [9.17, 15) is 0 Å². The quantitative estimate of drug-likeness (QED) is 0.415. The van der Waals surface area contributed by atoms with Crippen molar-refractivity contribution in [1.29, 1.82) is 0 Å². The lowest BCUT2D eigenvalue weighted by atomic mass is 9.77. The average Bonchev–Trinajstić information content (AvgIpc) is 3.47. The van der Waals surface area contributed by atoms with Crippen LogP contribution in [0.25, 0.3) is 33.1 Å². The summed E-state index contributed by atoms with van der Waals surface area (Å²) in [5, 5.41) is 1.26. The van der Waals surface area contributed by atoms with Crippen LogP contribution >= 0.6 is 0 Å². The third-order valence-electron chi connectivity index (χ3n) is 7.35. The molecule has 1 aliphatic heterocycles. The van der Waals surface area contributed by atoms with Gasteiger partial charge in [0.25, 0.3) is 6.01 Å². The third kappa shape index (κ3) is 2.85. The second kappa shape index (κ2) is 6.38. The summed E-state index contributed by atoms with van der Waals surface area (Å²) in [5.74, 6) is 0. The van der Waals surface area contributed by atoms with Gasteiger partial charge in [-0.3, -0.25) is 0 Å². The van der Waals surface area contributed by atoms with Gasteiger partial charge in [0.1, 0.15) is 5.52 Å². The number of anilines is 1. The van der Waals surface area contributed by atoms with Gasteiger partial charge in [-0.25, -0.2) is 0 Å². The summed E-state index contributed by atoms with van der Waals surface area (Å²) in [6, 6.07) is 16.0. The van der Waals surface area contributed by atoms with Crippen LogP contribution in [-0.2, 0) is 7.05 Å². The standard InChI is InChI=1S/C25H27N3O/c1-27-13-8-20-16-18(4-6-22(20)27)19-5-7-23-21(17-19)26-24(29-23)28-14-11-25(12-15-28)9-2-3-10-25/h4-8,13,16-17H,2-3,9-12,14-15H2,1H3. The molecule has 1 spiro atoms. The molecule has 0 amide bonds. The molecule has 1 saturated carbocycles. The van der Waals surface area contributed by atoms with E-state index in [1.54, 1.807) is 0 Å². The second-order valence-corrected chi connectivity index (χ2v) is 9.07. The monoisotopic (exact) mass is 385 g/mol. The van der Waals surface area contributed by atoms with Crippen LogP contribution in [-0.4, -0.2) is 22.6 Å². The lowest BCUT2D eigenvalue weighted by Crippen LogP contribution is -2.39. The molecule has 4 nitrogen and oxygen atoms in total. The first kappa shape index (κ1) is 17.1. The Hall–Kier alpha value is -2.75. The molecule has 2 aromatic carbocycles. The highest BCUT2D eigenvalue weighted by atomic mass is 16.4. The molecule has 0 radical (unpaired) electrons. The predicted molar refractivity (Wildman–Crippen MR) is 118 cm³/mol. The van der Waals surface area contributed by atoms with Gasteiger partial charge in [-0.2, -0.15) is 4.98 Å². The number of nitrogens with zero attached hydrogens (tertiary/aromatic N) is 3. The zero-order valence-corrected chi connectivity index (χ0v) is 17.0.